The number of benzene rings is 4. The summed E-state index contributed by atoms with van der Waals surface area (Å²) in [5.41, 5.74) is 1.90. The van der Waals surface area contributed by atoms with Crippen molar-refractivity contribution >= 4 is 34.1 Å². The number of carbonyl (C=O) groups excluding carboxylic acids is 1. The van der Waals surface area contributed by atoms with Crippen molar-refractivity contribution in [2.45, 2.75) is 49.6 Å². The first-order valence-corrected chi connectivity index (χ1v) is 14.0. The van der Waals surface area contributed by atoms with Crippen LogP contribution < -0.4 is 14.4 Å². The van der Waals surface area contributed by atoms with Gasteiger partial charge in [0.15, 0.2) is 0 Å². The minimum Gasteiger partial charge on any atom is -0.497 e. The zero-order valence-electron chi connectivity index (χ0n) is 21.4. The Bertz CT molecular complexity index is 1340. The Labute approximate surface area is 223 Å². The minimum absolute atomic E-state index is 0.0438. The van der Waals surface area contributed by atoms with Crippen LogP contribution in [0.1, 0.15) is 44.2 Å². The third-order valence-electron chi connectivity index (χ3n) is 6.87. The molecule has 0 N–H and O–H groups in total. The zero-order chi connectivity index (χ0) is 25.6. The smallest absolute Gasteiger partial charge is 0.271 e. The first-order valence-electron chi connectivity index (χ1n) is 13.0. The number of amides is 1. The highest BCUT2D eigenvalue weighted by molar-refractivity contribution is 7.99. The number of carbonyl (C=O) groups is 1. The summed E-state index contributed by atoms with van der Waals surface area (Å²) in [5.74, 6) is 2.55. The van der Waals surface area contributed by atoms with Crippen molar-refractivity contribution in [3.63, 3.8) is 0 Å². The first-order chi connectivity index (χ1) is 18.2. The van der Waals surface area contributed by atoms with Crippen molar-refractivity contribution in [2.75, 3.05) is 17.8 Å². The number of fused-ring (bicyclic) bond motifs is 1. The molecular formula is C32H33NO3S. The number of β-lactam (4-membered cyclic amide) rings is 1. The molecule has 0 aromatic heterocycles. The van der Waals surface area contributed by atoms with Gasteiger partial charge in [0.05, 0.1) is 7.11 Å². The van der Waals surface area contributed by atoms with E-state index in [0.717, 1.165) is 33.5 Å². The van der Waals surface area contributed by atoms with Crippen molar-refractivity contribution in [3.05, 3.63) is 96.6 Å². The van der Waals surface area contributed by atoms with Crippen LogP contribution in [-0.2, 0) is 4.79 Å². The van der Waals surface area contributed by atoms with Crippen LogP contribution in [0.25, 0.3) is 10.8 Å². The van der Waals surface area contributed by atoms with Crippen LogP contribution in [0.15, 0.2) is 95.9 Å². The van der Waals surface area contributed by atoms with Crippen LogP contribution in [0.2, 0.25) is 0 Å². The van der Waals surface area contributed by atoms with Crippen molar-refractivity contribution in [1.29, 1.82) is 0 Å². The van der Waals surface area contributed by atoms with Gasteiger partial charge in [0.1, 0.15) is 17.5 Å². The molecular weight excluding hydrogens is 478 g/mol. The summed E-state index contributed by atoms with van der Waals surface area (Å²) in [7, 11) is 1.64. The van der Waals surface area contributed by atoms with Crippen molar-refractivity contribution in [1.82, 2.24) is 0 Å². The molecule has 4 aromatic rings. The van der Waals surface area contributed by atoms with Crippen molar-refractivity contribution in [3.8, 4) is 11.5 Å². The Hall–Kier alpha value is -3.44. The Morgan fingerprint density at radius 1 is 0.811 bits per heavy atom. The van der Waals surface area contributed by atoms with Gasteiger partial charge in [0.2, 0.25) is 6.10 Å². The topological polar surface area (TPSA) is 38.8 Å². The van der Waals surface area contributed by atoms with E-state index in [-0.39, 0.29) is 11.9 Å². The number of anilines is 1. The largest absolute Gasteiger partial charge is 0.497 e. The van der Waals surface area contributed by atoms with E-state index < -0.39 is 6.10 Å². The maximum Gasteiger partial charge on any atom is 0.271 e. The first kappa shape index (κ1) is 25.2. The van der Waals surface area contributed by atoms with E-state index in [1.807, 2.05) is 71.3 Å². The van der Waals surface area contributed by atoms with Gasteiger partial charge in [-0.2, -0.15) is 0 Å². The molecule has 0 radical (unpaired) electrons. The molecule has 37 heavy (non-hydrogen) atoms. The van der Waals surface area contributed by atoms with Gasteiger partial charge in [-0.1, -0.05) is 68.7 Å². The van der Waals surface area contributed by atoms with Crippen LogP contribution in [0.4, 0.5) is 5.69 Å². The SMILES string of the molecule is CCCCCCSc1ccc(C2C(Oc3ccc4ccccc4c3)C(=O)N2c2ccc(OC)cc2)cc1. The van der Waals surface area contributed by atoms with E-state index in [2.05, 4.69) is 43.3 Å². The second kappa shape index (κ2) is 11.7. The summed E-state index contributed by atoms with van der Waals surface area (Å²) in [6, 6.07) is 30.2. The monoisotopic (exact) mass is 511 g/mol. The molecule has 2 atom stereocenters. The summed E-state index contributed by atoms with van der Waals surface area (Å²) in [5, 5.41) is 2.24. The van der Waals surface area contributed by atoms with E-state index in [1.165, 1.54) is 30.6 Å². The van der Waals surface area contributed by atoms with E-state index in [4.69, 9.17) is 9.47 Å². The molecule has 1 aliphatic heterocycles. The lowest BCUT2D eigenvalue weighted by Crippen LogP contribution is -2.61. The lowest BCUT2D eigenvalue weighted by molar-refractivity contribution is -0.135. The van der Waals surface area contributed by atoms with Crippen LogP contribution in [0, 0.1) is 0 Å². The van der Waals surface area contributed by atoms with E-state index in [9.17, 15) is 4.79 Å². The van der Waals surface area contributed by atoms with E-state index in [1.54, 1.807) is 7.11 Å². The van der Waals surface area contributed by atoms with Crippen LogP contribution in [0.3, 0.4) is 0 Å². The molecule has 0 saturated carbocycles. The Morgan fingerprint density at radius 3 is 2.27 bits per heavy atom. The van der Waals surface area contributed by atoms with E-state index in [0.29, 0.717) is 5.75 Å². The number of methoxy groups -OCH3 is 1. The quantitative estimate of drug-likeness (QED) is 0.116. The minimum atomic E-state index is -0.587. The standard InChI is InChI=1S/C32H33NO3S/c1-3-4-5-8-21-37-29-19-12-24(13-20-29)30-31(32(34)33(30)26-14-17-27(35-2)18-15-26)36-28-16-11-23-9-6-7-10-25(23)22-28/h6-7,9-20,22,30-31H,3-5,8,21H2,1-2H3. The number of hydrogen-bond donors (Lipinski definition) is 0. The van der Waals surface area contributed by atoms with Gasteiger partial charge < -0.3 is 9.47 Å². The molecule has 1 aliphatic rings. The Morgan fingerprint density at radius 2 is 1.54 bits per heavy atom. The number of rotatable bonds is 11. The highest BCUT2D eigenvalue weighted by Gasteiger charge is 2.51. The molecule has 4 nitrogen and oxygen atoms in total. The second-order valence-corrected chi connectivity index (χ2v) is 10.5. The van der Waals surface area contributed by atoms with Crippen molar-refractivity contribution in [2.24, 2.45) is 0 Å². The normalized spacial score (nSPS) is 17.0. The highest BCUT2D eigenvalue weighted by Crippen LogP contribution is 2.42. The molecule has 1 amide bonds. The fraction of sp³-hybridized carbons (Fsp3) is 0.281. The average Bonchev–Trinajstić information content (AvgIpc) is 2.95. The summed E-state index contributed by atoms with van der Waals surface area (Å²) in [6.07, 6.45) is 4.50. The third-order valence-corrected chi connectivity index (χ3v) is 7.97. The lowest BCUT2D eigenvalue weighted by atomic mass is 9.89. The van der Waals surface area contributed by atoms with Gasteiger partial charge in [-0.3, -0.25) is 9.69 Å². The Balaban J connectivity index is 1.37. The predicted molar refractivity (Wildman–Crippen MR) is 153 cm³/mol. The van der Waals surface area contributed by atoms with Crippen molar-refractivity contribution < 1.29 is 14.3 Å². The molecule has 1 saturated heterocycles. The summed E-state index contributed by atoms with van der Waals surface area (Å²) in [4.78, 5) is 16.5. The van der Waals surface area contributed by atoms with Gasteiger partial charge in [-0.05, 0) is 77.0 Å². The number of ether oxygens (including phenoxy) is 2. The fourth-order valence-electron chi connectivity index (χ4n) is 4.80. The maximum absolute atomic E-state index is 13.4. The van der Waals surface area contributed by atoms with E-state index >= 15 is 0 Å². The molecule has 190 valence electrons. The molecule has 5 heteroatoms. The number of nitrogens with zero attached hydrogens (tertiary/aromatic N) is 1. The van der Waals surface area contributed by atoms with Crippen LogP contribution in [-0.4, -0.2) is 24.9 Å². The molecule has 0 bridgehead atoms. The number of hydrogen-bond acceptors (Lipinski definition) is 4. The zero-order valence-corrected chi connectivity index (χ0v) is 22.2. The van der Waals surface area contributed by atoms with Gasteiger partial charge in [-0.25, -0.2) is 0 Å². The van der Waals surface area contributed by atoms with Crippen LogP contribution >= 0.6 is 11.8 Å². The molecule has 1 fully saturated rings. The molecule has 0 aliphatic carbocycles. The fourth-order valence-corrected chi connectivity index (χ4v) is 5.71. The number of thioether (sulfide) groups is 1. The summed E-state index contributed by atoms with van der Waals surface area (Å²) < 4.78 is 11.7. The average molecular weight is 512 g/mol. The van der Waals surface area contributed by atoms with Gasteiger partial charge in [0, 0.05) is 10.6 Å². The second-order valence-electron chi connectivity index (χ2n) is 9.38. The van der Waals surface area contributed by atoms with Gasteiger partial charge in [0.25, 0.3) is 5.91 Å². The summed E-state index contributed by atoms with van der Waals surface area (Å²) >= 11 is 1.90. The maximum atomic E-state index is 13.4. The van der Waals surface area contributed by atoms with Gasteiger partial charge in [-0.15, -0.1) is 11.8 Å². The number of unbranched alkanes of at least 4 members (excludes halogenated alkanes) is 3. The molecule has 5 rings (SSSR count). The summed E-state index contributed by atoms with van der Waals surface area (Å²) in [6.45, 7) is 2.24. The third kappa shape index (κ3) is 5.62. The molecule has 4 aromatic carbocycles. The molecule has 0 spiro atoms. The lowest BCUT2D eigenvalue weighted by Gasteiger charge is -2.46. The molecule has 2 unspecified atom stereocenters. The highest BCUT2D eigenvalue weighted by atomic mass is 32.2. The Kier molecular flexibility index (Phi) is 8.00. The van der Waals surface area contributed by atoms with Gasteiger partial charge >= 0.3 is 0 Å². The predicted octanol–water partition coefficient (Wildman–Crippen LogP) is 8.06. The van der Waals surface area contributed by atoms with Crippen LogP contribution in [0.5, 0.6) is 11.5 Å². The molecule has 1 heterocycles.